The highest BCUT2D eigenvalue weighted by atomic mass is 32.2. The molecule has 2 heterocycles. The van der Waals surface area contributed by atoms with Gasteiger partial charge in [-0.15, -0.1) is 11.8 Å². The molecule has 1 aromatic carbocycles. The fourth-order valence-electron chi connectivity index (χ4n) is 3.12. The zero-order chi connectivity index (χ0) is 19.2. The largest absolute Gasteiger partial charge is 0.324 e. The van der Waals surface area contributed by atoms with Crippen molar-refractivity contribution in [1.82, 2.24) is 9.88 Å². The summed E-state index contributed by atoms with van der Waals surface area (Å²) in [5, 5.41) is 3.00. The molecule has 0 spiro atoms. The predicted molar refractivity (Wildman–Crippen MR) is 110 cm³/mol. The molecule has 1 unspecified atom stereocenters. The van der Waals surface area contributed by atoms with Crippen LogP contribution in [0, 0.1) is 13.8 Å². The van der Waals surface area contributed by atoms with Gasteiger partial charge < -0.3 is 10.2 Å². The molecule has 1 aromatic heterocycles. The second-order valence-corrected chi connectivity index (χ2v) is 7.79. The molecule has 5 nitrogen and oxygen atoms in total. The Morgan fingerprint density at radius 1 is 1.22 bits per heavy atom. The van der Waals surface area contributed by atoms with Crippen molar-refractivity contribution >= 4 is 29.3 Å². The van der Waals surface area contributed by atoms with Crippen LogP contribution >= 0.6 is 11.8 Å². The minimum absolute atomic E-state index is 0.0389. The first-order chi connectivity index (χ1) is 13.1. The molecule has 1 atom stereocenters. The Labute approximate surface area is 164 Å². The second-order valence-electron chi connectivity index (χ2n) is 6.79. The number of nitrogens with zero attached hydrogens (tertiary/aromatic N) is 2. The Kier molecular flexibility index (Phi) is 6.50. The number of hydrogen-bond acceptors (Lipinski definition) is 4. The minimum Gasteiger partial charge on any atom is -0.324 e. The van der Waals surface area contributed by atoms with Crippen LogP contribution in [-0.4, -0.2) is 39.4 Å². The quantitative estimate of drug-likeness (QED) is 0.828. The van der Waals surface area contributed by atoms with Crippen molar-refractivity contribution in [3.8, 4) is 0 Å². The van der Waals surface area contributed by atoms with E-state index < -0.39 is 6.04 Å². The van der Waals surface area contributed by atoms with Crippen LogP contribution in [0.4, 0.5) is 5.69 Å². The van der Waals surface area contributed by atoms with E-state index in [1.807, 2.05) is 50.2 Å². The summed E-state index contributed by atoms with van der Waals surface area (Å²) in [6.45, 7) is 4.02. The normalized spacial score (nSPS) is 16.4. The van der Waals surface area contributed by atoms with Crippen molar-refractivity contribution in [2.45, 2.75) is 39.2 Å². The molecule has 0 radical (unpaired) electrons. The van der Waals surface area contributed by atoms with E-state index in [-0.39, 0.29) is 11.8 Å². The molecule has 142 valence electrons. The number of carbonyl (C=O) groups excluding carboxylic acids is 2. The van der Waals surface area contributed by atoms with E-state index in [2.05, 4.69) is 10.3 Å². The maximum absolute atomic E-state index is 12.8. The second kappa shape index (κ2) is 9.04. The van der Waals surface area contributed by atoms with Crippen molar-refractivity contribution < 1.29 is 9.59 Å². The summed E-state index contributed by atoms with van der Waals surface area (Å²) in [5.41, 5.74) is 4.01. The van der Waals surface area contributed by atoms with E-state index >= 15 is 0 Å². The highest BCUT2D eigenvalue weighted by Crippen LogP contribution is 2.25. The fourth-order valence-corrected chi connectivity index (χ4v) is 4.30. The lowest BCUT2D eigenvalue weighted by molar-refractivity contribution is -0.136. The summed E-state index contributed by atoms with van der Waals surface area (Å²) in [6, 6.07) is 11.3. The predicted octanol–water partition coefficient (Wildman–Crippen LogP) is 3.56. The van der Waals surface area contributed by atoms with Gasteiger partial charge >= 0.3 is 0 Å². The molecular formula is C21H25N3O2S. The topological polar surface area (TPSA) is 62.3 Å². The number of thioether (sulfide) groups is 1. The van der Waals surface area contributed by atoms with Crippen molar-refractivity contribution in [1.29, 1.82) is 0 Å². The van der Waals surface area contributed by atoms with Gasteiger partial charge in [0.05, 0.1) is 5.88 Å². The van der Waals surface area contributed by atoms with Crippen molar-refractivity contribution in [3.05, 3.63) is 59.4 Å². The van der Waals surface area contributed by atoms with E-state index in [4.69, 9.17) is 0 Å². The number of aryl methyl sites for hydroxylation is 2. The number of aromatic nitrogens is 1. The summed E-state index contributed by atoms with van der Waals surface area (Å²) < 4.78 is 0. The van der Waals surface area contributed by atoms with Gasteiger partial charge in [-0.2, -0.15) is 0 Å². The molecule has 1 saturated heterocycles. The molecule has 3 rings (SSSR count). The molecular weight excluding hydrogens is 358 g/mol. The van der Waals surface area contributed by atoms with Crippen LogP contribution in [0.3, 0.4) is 0 Å². The molecule has 2 amide bonds. The van der Waals surface area contributed by atoms with Crippen molar-refractivity contribution in [2.75, 3.05) is 16.9 Å². The van der Waals surface area contributed by atoms with Gasteiger partial charge in [0.25, 0.3) is 0 Å². The number of carbonyl (C=O) groups is 2. The minimum atomic E-state index is -0.405. The first-order valence-electron chi connectivity index (χ1n) is 9.20. The molecule has 0 aliphatic carbocycles. The molecule has 0 saturated carbocycles. The lowest BCUT2D eigenvalue weighted by atomic mass is 10.1. The fraction of sp³-hybridized carbons (Fsp3) is 0.381. The molecule has 0 bridgehead atoms. The third-order valence-corrected chi connectivity index (χ3v) is 5.93. The Hall–Kier alpha value is -2.34. The van der Waals surface area contributed by atoms with Gasteiger partial charge in [0.2, 0.25) is 11.8 Å². The highest BCUT2D eigenvalue weighted by molar-refractivity contribution is 7.99. The van der Waals surface area contributed by atoms with Gasteiger partial charge in [-0.1, -0.05) is 18.2 Å². The summed E-state index contributed by atoms with van der Waals surface area (Å²) >= 11 is 1.63. The number of benzene rings is 1. The van der Waals surface area contributed by atoms with E-state index in [0.29, 0.717) is 18.1 Å². The maximum Gasteiger partial charge on any atom is 0.248 e. The van der Waals surface area contributed by atoms with Gasteiger partial charge in [-0.3, -0.25) is 14.6 Å². The molecule has 1 aliphatic heterocycles. The van der Waals surface area contributed by atoms with Gasteiger partial charge in [-0.05, 0) is 56.0 Å². The van der Waals surface area contributed by atoms with Crippen LogP contribution in [-0.2, 0) is 16.0 Å². The summed E-state index contributed by atoms with van der Waals surface area (Å²) in [7, 11) is 0. The van der Waals surface area contributed by atoms with Gasteiger partial charge in [0.15, 0.2) is 0 Å². The molecule has 6 heteroatoms. The Morgan fingerprint density at radius 2 is 2.07 bits per heavy atom. The van der Waals surface area contributed by atoms with Crippen molar-refractivity contribution in [2.24, 2.45) is 0 Å². The lowest BCUT2D eigenvalue weighted by Crippen LogP contribution is -2.44. The van der Waals surface area contributed by atoms with E-state index in [1.165, 1.54) is 0 Å². The first kappa shape index (κ1) is 19.4. The van der Waals surface area contributed by atoms with E-state index in [0.717, 1.165) is 35.3 Å². The molecule has 1 N–H and O–H groups in total. The summed E-state index contributed by atoms with van der Waals surface area (Å²) in [4.78, 5) is 31.4. The molecule has 27 heavy (non-hydrogen) atoms. The number of pyridine rings is 1. The zero-order valence-electron chi connectivity index (χ0n) is 15.8. The first-order valence-corrected chi connectivity index (χ1v) is 10.4. The van der Waals surface area contributed by atoms with Crippen LogP contribution in [0.5, 0.6) is 0 Å². The number of nitrogens with one attached hydrogen (secondary N) is 1. The Morgan fingerprint density at radius 3 is 2.85 bits per heavy atom. The smallest absolute Gasteiger partial charge is 0.248 e. The number of hydrogen-bond donors (Lipinski definition) is 1. The van der Waals surface area contributed by atoms with Crippen molar-refractivity contribution in [3.63, 3.8) is 0 Å². The number of rotatable bonds is 6. The Bertz CT molecular complexity index is 810. The van der Waals surface area contributed by atoms with E-state index in [1.54, 1.807) is 22.9 Å². The van der Waals surface area contributed by atoms with Crippen LogP contribution in [0.15, 0.2) is 42.6 Å². The van der Waals surface area contributed by atoms with Crippen LogP contribution in [0.25, 0.3) is 0 Å². The standard InChI is InChI=1S/C21H25N3O2S/c1-15-7-5-10-18(16(15)2)23-21(26)19-13-27-14-24(19)20(25)11-6-9-17-8-3-4-12-22-17/h3-5,7-8,10,12,19H,6,9,11,13-14H2,1-2H3,(H,23,26). The van der Waals surface area contributed by atoms with Crippen LogP contribution in [0.1, 0.15) is 29.7 Å². The third kappa shape index (κ3) is 4.89. The zero-order valence-corrected chi connectivity index (χ0v) is 16.6. The Balaban J connectivity index is 1.56. The number of anilines is 1. The average Bonchev–Trinajstić information content (AvgIpc) is 3.16. The lowest BCUT2D eigenvalue weighted by Gasteiger charge is -2.23. The molecule has 2 aromatic rings. The number of amides is 2. The van der Waals surface area contributed by atoms with Gasteiger partial charge in [-0.25, -0.2) is 0 Å². The maximum atomic E-state index is 12.8. The molecule has 1 fully saturated rings. The van der Waals surface area contributed by atoms with Crippen LogP contribution in [0.2, 0.25) is 0 Å². The van der Waals surface area contributed by atoms with Gasteiger partial charge in [0, 0.05) is 29.8 Å². The summed E-state index contributed by atoms with van der Waals surface area (Å²) in [5.74, 6) is 1.15. The molecule has 1 aliphatic rings. The van der Waals surface area contributed by atoms with E-state index in [9.17, 15) is 9.59 Å². The van der Waals surface area contributed by atoms with Gasteiger partial charge in [0.1, 0.15) is 6.04 Å². The van der Waals surface area contributed by atoms with Crippen LogP contribution < -0.4 is 5.32 Å². The SMILES string of the molecule is Cc1cccc(NC(=O)C2CSCN2C(=O)CCCc2ccccn2)c1C. The summed E-state index contributed by atoms with van der Waals surface area (Å²) in [6.07, 6.45) is 3.71. The highest BCUT2D eigenvalue weighted by Gasteiger charge is 2.34. The monoisotopic (exact) mass is 383 g/mol. The third-order valence-electron chi connectivity index (χ3n) is 4.92. The average molecular weight is 384 g/mol.